The third-order valence-electron chi connectivity index (χ3n) is 3.81. The first-order valence-electron chi connectivity index (χ1n) is 7.35. The molecule has 2 aromatic rings. The van der Waals surface area contributed by atoms with Crippen LogP contribution in [0.15, 0.2) is 18.2 Å². The predicted molar refractivity (Wildman–Crippen MR) is 80.9 cm³/mol. The zero-order chi connectivity index (χ0) is 14.1. The summed E-state index contributed by atoms with van der Waals surface area (Å²) in [5, 5.41) is 0. The van der Waals surface area contributed by atoms with Crippen molar-refractivity contribution in [3.63, 3.8) is 0 Å². The molecule has 2 heterocycles. The molecule has 0 bridgehead atoms. The Morgan fingerprint density at radius 1 is 1.35 bits per heavy atom. The Labute approximate surface area is 119 Å². The number of nitrogens with two attached hydrogens (primary N) is 1. The molecule has 4 nitrogen and oxygen atoms in total. The van der Waals surface area contributed by atoms with Gasteiger partial charge in [0.15, 0.2) is 0 Å². The van der Waals surface area contributed by atoms with Gasteiger partial charge in [0.05, 0.1) is 6.61 Å². The summed E-state index contributed by atoms with van der Waals surface area (Å²) in [4.78, 5) is 4.74. The number of aryl methyl sites for hydroxylation is 1. The van der Waals surface area contributed by atoms with Gasteiger partial charge < -0.3 is 15.0 Å². The first-order valence-corrected chi connectivity index (χ1v) is 7.35. The minimum absolute atomic E-state index is 0.777. The van der Waals surface area contributed by atoms with E-state index in [9.17, 15) is 0 Å². The third kappa shape index (κ3) is 2.05. The first kappa shape index (κ1) is 13.0. The Morgan fingerprint density at radius 3 is 2.95 bits per heavy atom. The van der Waals surface area contributed by atoms with Gasteiger partial charge in [-0.3, -0.25) is 0 Å². The number of nitrogens with zero attached hydrogens (tertiary/aromatic N) is 2. The molecule has 1 aromatic heterocycles. The van der Waals surface area contributed by atoms with Crippen LogP contribution in [0.1, 0.15) is 31.7 Å². The van der Waals surface area contributed by atoms with Gasteiger partial charge in [0.2, 0.25) is 0 Å². The molecule has 1 aliphatic heterocycles. The lowest BCUT2D eigenvalue weighted by atomic mass is 10.1. The molecule has 106 valence electrons. The van der Waals surface area contributed by atoms with E-state index in [1.807, 2.05) is 6.07 Å². The van der Waals surface area contributed by atoms with E-state index in [2.05, 4.69) is 30.5 Å². The van der Waals surface area contributed by atoms with Crippen LogP contribution in [0.2, 0.25) is 0 Å². The van der Waals surface area contributed by atoms with Crippen molar-refractivity contribution in [1.29, 1.82) is 0 Å². The van der Waals surface area contributed by atoms with Crippen molar-refractivity contribution in [2.24, 2.45) is 0 Å². The van der Waals surface area contributed by atoms with Crippen molar-refractivity contribution in [3.8, 4) is 17.0 Å². The van der Waals surface area contributed by atoms with Crippen molar-refractivity contribution in [3.05, 3.63) is 29.6 Å². The molecular formula is C16H21N3O. The third-order valence-corrected chi connectivity index (χ3v) is 3.81. The molecular weight excluding hydrogens is 250 g/mol. The summed E-state index contributed by atoms with van der Waals surface area (Å²) in [5.74, 6) is 2.84. The van der Waals surface area contributed by atoms with Gasteiger partial charge in [-0.15, -0.1) is 0 Å². The molecule has 0 saturated carbocycles. The Bertz CT molecular complexity index is 631. The Balaban J connectivity index is 2.05. The van der Waals surface area contributed by atoms with Crippen LogP contribution in [0.3, 0.4) is 0 Å². The zero-order valence-corrected chi connectivity index (χ0v) is 12.1. The number of rotatable bonds is 4. The summed E-state index contributed by atoms with van der Waals surface area (Å²) in [6.07, 6.45) is 2.93. The second-order valence-corrected chi connectivity index (χ2v) is 5.19. The number of benzene rings is 1. The highest BCUT2D eigenvalue weighted by molar-refractivity contribution is 5.72. The van der Waals surface area contributed by atoms with Gasteiger partial charge in [0.1, 0.15) is 23.1 Å². The van der Waals surface area contributed by atoms with E-state index in [1.165, 1.54) is 5.56 Å². The first-order chi connectivity index (χ1) is 9.74. The molecule has 1 aliphatic rings. The monoisotopic (exact) mass is 271 g/mol. The van der Waals surface area contributed by atoms with E-state index >= 15 is 0 Å². The number of hydrogen-bond acceptors (Lipinski definition) is 3. The van der Waals surface area contributed by atoms with Crippen LogP contribution in [0.5, 0.6) is 5.75 Å². The second-order valence-electron chi connectivity index (χ2n) is 5.19. The molecule has 0 amide bonds. The lowest BCUT2D eigenvalue weighted by molar-refractivity contribution is 0.357. The lowest BCUT2D eigenvalue weighted by Crippen LogP contribution is -2.06. The highest BCUT2D eigenvalue weighted by Gasteiger charge is 2.18. The van der Waals surface area contributed by atoms with Crippen molar-refractivity contribution >= 4 is 5.82 Å². The average Bonchev–Trinajstić information content (AvgIpc) is 3.04. The topological polar surface area (TPSA) is 53.1 Å². The van der Waals surface area contributed by atoms with Crippen molar-refractivity contribution in [2.75, 3.05) is 12.3 Å². The Morgan fingerprint density at radius 2 is 2.20 bits per heavy atom. The minimum atomic E-state index is 0.777. The van der Waals surface area contributed by atoms with Gasteiger partial charge in [-0.05, 0) is 30.2 Å². The maximum absolute atomic E-state index is 6.31. The average molecular weight is 271 g/mol. The summed E-state index contributed by atoms with van der Waals surface area (Å²) < 4.78 is 7.69. The van der Waals surface area contributed by atoms with Crippen LogP contribution in [0, 0.1) is 0 Å². The predicted octanol–water partition coefficient (Wildman–Crippen LogP) is 3.04. The van der Waals surface area contributed by atoms with Crippen LogP contribution in [-0.4, -0.2) is 16.2 Å². The molecule has 1 aromatic carbocycles. The Hall–Kier alpha value is -1.97. The van der Waals surface area contributed by atoms with E-state index in [0.717, 1.165) is 61.1 Å². The maximum Gasteiger partial charge on any atom is 0.131 e. The molecule has 0 fully saturated rings. The van der Waals surface area contributed by atoms with E-state index in [1.54, 1.807) is 0 Å². The summed E-state index contributed by atoms with van der Waals surface area (Å²) in [5.41, 5.74) is 9.57. The van der Waals surface area contributed by atoms with Crippen LogP contribution in [0.25, 0.3) is 11.3 Å². The van der Waals surface area contributed by atoms with Gasteiger partial charge in [-0.2, -0.15) is 0 Å². The van der Waals surface area contributed by atoms with Gasteiger partial charge in [-0.25, -0.2) is 4.98 Å². The number of anilines is 1. The smallest absolute Gasteiger partial charge is 0.131 e. The fourth-order valence-corrected chi connectivity index (χ4v) is 2.80. The number of fused-ring (bicyclic) bond motifs is 1. The molecule has 0 spiro atoms. The number of hydrogen-bond donors (Lipinski definition) is 1. The normalized spacial score (nSPS) is 13.3. The maximum atomic E-state index is 6.31. The molecule has 0 unspecified atom stereocenters. The van der Waals surface area contributed by atoms with Crippen LogP contribution in [0.4, 0.5) is 5.82 Å². The molecule has 3 rings (SSSR count). The molecule has 2 N–H and O–H groups in total. The van der Waals surface area contributed by atoms with Crippen LogP contribution in [-0.2, 0) is 19.4 Å². The minimum Gasteiger partial charge on any atom is -0.493 e. The molecule has 0 atom stereocenters. The quantitative estimate of drug-likeness (QED) is 0.930. The summed E-state index contributed by atoms with van der Waals surface area (Å²) in [6.45, 7) is 5.98. The molecule has 0 aliphatic carbocycles. The SMILES string of the molecule is CCCn1c(CC)nc(-c2ccc3c(c2)CCO3)c1N. The largest absolute Gasteiger partial charge is 0.493 e. The van der Waals surface area contributed by atoms with Gasteiger partial charge in [-0.1, -0.05) is 13.8 Å². The summed E-state index contributed by atoms with van der Waals surface area (Å²) in [7, 11) is 0. The highest BCUT2D eigenvalue weighted by atomic mass is 16.5. The lowest BCUT2D eigenvalue weighted by Gasteiger charge is -2.07. The van der Waals surface area contributed by atoms with Crippen LogP contribution < -0.4 is 10.5 Å². The van der Waals surface area contributed by atoms with E-state index < -0.39 is 0 Å². The number of aromatic nitrogens is 2. The number of nitrogen functional groups attached to an aromatic ring is 1. The summed E-state index contributed by atoms with van der Waals surface area (Å²) in [6, 6.07) is 6.25. The summed E-state index contributed by atoms with van der Waals surface area (Å²) >= 11 is 0. The Kier molecular flexibility index (Phi) is 3.38. The van der Waals surface area contributed by atoms with E-state index in [-0.39, 0.29) is 0 Å². The van der Waals surface area contributed by atoms with Crippen molar-refractivity contribution in [2.45, 2.75) is 39.7 Å². The zero-order valence-electron chi connectivity index (χ0n) is 12.1. The molecule has 20 heavy (non-hydrogen) atoms. The highest BCUT2D eigenvalue weighted by Crippen LogP contribution is 2.33. The van der Waals surface area contributed by atoms with Gasteiger partial charge in [0, 0.05) is 24.9 Å². The second kappa shape index (κ2) is 5.19. The fourth-order valence-electron chi connectivity index (χ4n) is 2.80. The molecule has 4 heteroatoms. The number of ether oxygens (including phenoxy) is 1. The van der Waals surface area contributed by atoms with Crippen LogP contribution >= 0.6 is 0 Å². The van der Waals surface area contributed by atoms with Gasteiger partial charge in [0.25, 0.3) is 0 Å². The molecule has 0 radical (unpaired) electrons. The van der Waals surface area contributed by atoms with Crippen molar-refractivity contribution in [1.82, 2.24) is 9.55 Å². The van der Waals surface area contributed by atoms with Crippen molar-refractivity contribution < 1.29 is 4.74 Å². The van der Waals surface area contributed by atoms with E-state index in [4.69, 9.17) is 15.5 Å². The number of imidazole rings is 1. The van der Waals surface area contributed by atoms with E-state index in [0.29, 0.717) is 0 Å². The standard InChI is InChI=1S/C16H21N3O/c1-3-8-19-14(4-2)18-15(16(19)17)12-5-6-13-11(10-12)7-9-20-13/h5-6,10H,3-4,7-9,17H2,1-2H3. The van der Waals surface area contributed by atoms with Gasteiger partial charge >= 0.3 is 0 Å². The fraction of sp³-hybridized carbons (Fsp3) is 0.438. The molecule has 0 saturated heterocycles.